The highest BCUT2D eigenvalue weighted by Crippen LogP contribution is 2.22. The van der Waals surface area contributed by atoms with E-state index in [4.69, 9.17) is 5.73 Å². The molecule has 0 radical (unpaired) electrons. The lowest BCUT2D eigenvalue weighted by Crippen LogP contribution is -2.51. The van der Waals surface area contributed by atoms with Crippen LogP contribution in [-0.2, 0) is 14.8 Å². The second-order valence-corrected chi connectivity index (χ2v) is 7.66. The molecular formula is C14H20N4O5S. The van der Waals surface area contributed by atoms with Crippen molar-refractivity contribution in [3.63, 3.8) is 0 Å². The van der Waals surface area contributed by atoms with Gasteiger partial charge >= 0.3 is 0 Å². The Kier molecular flexibility index (Phi) is 5.52. The Hall–Kier alpha value is -2.04. The molecule has 132 valence electrons. The largest absolute Gasteiger partial charge is 0.340 e. The van der Waals surface area contributed by atoms with Gasteiger partial charge in [0.05, 0.1) is 9.82 Å². The van der Waals surface area contributed by atoms with Gasteiger partial charge in [-0.1, -0.05) is 6.07 Å². The van der Waals surface area contributed by atoms with Gasteiger partial charge in [-0.25, -0.2) is 8.42 Å². The molecule has 1 aromatic rings. The van der Waals surface area contributed by atoms with Gasteiger partial charge in [-0.2, -0.15) is 4.31 Å². The molecule has 0 aliphatic carbocycles. The molecule has 1 aliphatic rings. The number of nitrogens with two attached hydrogens (primary N) is 1. The molecule has 2 N–H and O–H groups in total. The SMILES string of the molecule is CC(N)CC(=O)N1CCN(S(=O)(=O)c2cccc([N+](=O)[O-])c2)CC1. The molecule has 2 rings (SSSR count). The van der Waals surface area contributed by atoms with Crippen molar-refractivity contribution in [2.45, 2.75) is 24.3 Å². The number of nitrogens with zero attached hydrogens (tertiary/aromatic N) is 3. The molecule has 0 bridgehead atoms. The third-order valence-electron chi connectivity index (χ3n) is 3.75. The Bertz CT molecular complexity index is 726. The van der Waals surface area contributed by atoms with E-state index >= 15 is 0 Å². The smallest absolute Gasteiger partial charge is 0.270 e. The van der Waals surface area contributed by atoms with Crippen LogP contribution in [0.1, 0.15) is 13.3 Å². The number of sulfonamides is 1. The van der Waals surface area contributed by atoms with E-state index < -0.39 is 14.9 Å². The lowest BCUT2D eigenvalue weighted by molar-refractivity contribution is -0.385. The molecule has 0 saturated carbocycles. The Morgan fingerprint density at radius 2 is 1.96 bits per heavy atom. The first-order valence-corrected chi connectivity index (χ1v) is 8.94. The first-order chi connectivity index (χ1) is 11.2. The summed E-state index contributed by atoms with van der Waals surface area (Å²) in [6.45, 7) is 2.59. The standard InChI is InChI=1S/C14H20N4O5S/c1-11(15)9-14(19)16-5-7-17(8-6-16)24(22,23)13-4-2-3-12(10-13)18(20)21/h2-4,10-11H,5-9,15H2,1H3. The van der Waals surface area contributed by atoms with Crippen LogP contribution in [0.3, 0.4) is 0 Å². The van der Waals surface area contributed by atoms with Gasteiger partial charge in [0, 0.05) is 50.8 Å². The topological polar surface area (TPSA) is 127 Å². The second kappa shape index (κ2) is 7.24. The van der Waals surface area contributed by atoms with Gasteiger partial charge in [0.1, 0.15) is 0 Å². The number of amides is 1. The highest BCUT2D eigenvalue weighted by Gasteiger charge is 2.30. The molecule has 1 saturated heterocycles. The maximum absolute atomic E-state index is 12.6. The number of nitro benzene ring substituents is 1. The minimum atomic E-state index is -3.82. The summed E-state index contributed by atoms with van der Waals surface area (Å²) in [6.07, 6.45) is 0.220. The molecule has 1 amide bonds. The van der Waals surface area contributed by atoms with Crippen molar-refractivity contribution >= 4 is 21.6 Å². The highest BCUT2D eigenvalue weighted by atomic mass is 32.2. The normalized spacial score (nSPS) is 17.5. The number of benzene rings is 1. The fraction of sp³-hybridized carbons (Fsp3) is 0.500. The van der Waals surface area contributed by atoms with Crippen molar-refractivity contribution < 1.29 is 18.1 Å². The van der Waals surface area contributed by atoms with Gasteiger partial charge in [-0.15, -0.1) is 0 Å². The van der Waals surface area contributed by atoms with E-state index in [1.165, 1.54) is 22.5 Å². The van der Waals surface area contributed by atoms with Crippen LogP contribution in [0.25, 0.3) is 0 Å². The fourth-order valence-corrected chi connectivity index (χ4v) is 3.95. The second-order valence-electron chi connectivity index (χ2n) is 5.72. The van der Waals surface area contributed by atoms with Crippen molar-refractivity contribution in [1.29, 1.82) is 0 Å². The number of carbonyl (C=O) groups excluding carboxylic acids is 1. The van der Waals surface area contributed by atoms with Crippen LogP contribution >= 0.6 is 0 Å². The number of rotatable bonds is 5. The third-order valence-corrected chi connectivity index (χ3v) is 5.65. The van der Waals surface area contributed by atoms with E-state index in [1.807, 2.05) is 0 Å². The summed E-state index contributed by atoms with van der Waals surface area (Å²) >= 11 is 0. The summed E-state index contributed by atoms with van der Waals surface area (Å²) in [6, 6.07) is 4.71. The minimum absolute atomic E-state index is 0.0996. The average molecular weight is 356 g/mol. The highest BCUT2D eigenvalue weighted by molar-refractivity contribution is 7.89. The Morgan fingerprint density at radius 3 is 2.50 bits per heavy atom. The summed E-state index contributed by atoms with van der Waals surface area (Å²) in [4.78, 5) is 23.6. The lowest BCUT2D eigenvalue weighted by atomic mass is 10.2. The molecule has 1 unspecified atom stereocenters. The number of carbonyl (C=O) groups is 1. The van der Waals surface area contributed by atoms with E-state index in [0.29, 0.717) is 0 Å². The van der Waals surface area contributed by atoms with Crippen molar-refractivity contribution in [1.82, 2.24) is 9.21 Å². The quantitative estimate of drug-likeness (QED) is 0.591. The Morgan fingerprint density at radius 1 is 1.33 bits per heavy atom. The predicted molar refractivity (Wildman–Crippen MR) is 86.7 cm³/mol. The van der Waals surface area contributed by atoms with Gasteiger partial charge in [0.15, 0.2) is 0 Å². The number of piperazine rings is 1. The summed E-state index contributed by atoms with van der Waals surface area (Å²) in [7, 11) is -3.82. The van der Waals surface area contributed by atoms with Crippen molar-refractivity contribution in [3.05, 3.63) is 34.4 Å². The minimum Gasteiger partial charge on any atom is -0.340 e. The first kappa shape index (κ1) is 18.3. The maximum Gasteiger partial charge on any atom is 0.270 e. The molecule has 24 heavy (non-hydrogen) atoms. The van der Waals surface area contributed by atoms with E-state index in [9.17, 15) is 23.3 Å². The van der Waals surface area contributed by atoms with Crippen LogP contribution in [0, 0.1) is 10.1 Å². The van der Waals surface area contributed by atoms with Gasteiger partial charge < -0.3 is 10.6 Å². The molecular weight excluding hydrogens is 336 g/mol. The Balaban J connectivity index is 2.09. The molecule has 9 nitrogen and oxygen atoms in total. The van der Waals surface area contributed by atoms with Crippen LogP contribution in [0.2, 0.25) is 0 Å². The third kappa shape index (κ3) is 4.08. The van der Waals surface area contributed by atoms with Crippen molar-refractivity contribution in [2.24, 2.45) is 5.73 Å². The number of hydrogen-bond donors (Lipinski definition) is 1. The van der Waals surface area contributed by atoms with Crippen LogP contribution in [0.5, 0.6) is 0 Å². The summed E-state index contributed by atoms with van der Waals surface area (Å²) < 4.78 is 26.4. The van der Waals surface area contributed by atoms with E-state index in [1.54, 1.807) is 11.8 Å². The fourth-order valence-electron chi connectivity index (χ4n) is 2.49. The summed E-state index contributed by atoms with van der Waals surface area (Å²) in [5.74, 6) is -0.0996. The average Bonchev–Trinajstić information content (AvgIpc) is 2.54. The van der Waals surface area contributed by atoms with Crippen molar-refractivity contribution in [3.8, 4) is 0 Å². The monoisotopic (exact) mass is 356 g/mol. The molecule has 1 heterocycles. The molecule has 1 aromatic carbocycles. The maximum atomic E-state index is 12.6. The van der Waals surface area contributed by atoms with Crippen LogP contribution in [-0.4, -0.2) is 60.7 Å². The molecule has 0 aromatic heterocycles. The summed E-state index contributed by atoms with van der Waals surface area (Å²) in [5.41, 5.74) is 5.33. The van der Waals surface area contributed by atoms with Gasteiger partial charge in [-0.3, -0.25) is 14.9 Å². The van der Waals surface area contributed by atoms with Gasteiger partial charge in [0.25, 0.3) is 5.69 Å². The number of nitro groups is 1. The van der Waals surface area contributed by atoms with Crippen LogP contribution < -0.4 is 5.73 Å². The number of non-ortho nitro benzene ring substituents is 1. The van der Waals surface area contributed by atoms with Crippen LogP contribution in [0.4, 0.5) is 5.69 Å². The van der Waals surface area contributed by atoms with Crippen LogP contribution in [0.15, 0.2) is 29.2 Å². The molecule has 10 heteroatoms. The van der Waals surface area contributed by atoms with Crippen molar-refractivity contribution in [2.75, 3.05) is 26.2 Å². The predicted octanol–water partition coefficient (Wildman–Crippen LogP) is 0.165. The van der Waals surface area contributed by atoms with E-state index in [2.05, 4.69) is 0 Å². The molecule has 0 spiro atoms. The zero-order chi connectivity index (χ0) is 17.9. The van der Waals surface area contributed by atoms with Gasteiger partial charge in [0.2, 0.25) is 15.9 Å². The zero-order valence-electron chi connectivity index (χ0n) is 13.3. The van der Waals surface area contributed by atoms with E-state index in [0.717, 1.165) is 6.07 Å². The molecule has 1 aliphatic heterocycles. The zero-order valence-corrected chi connectivity index (χ0v) is 14.1. The molecule has 1 fully saturated rings. The lowest BCUT2D eigenvalue weighted by Gasteiger charge is -2.34. The number of hydrogen-bond acceptors (Lipinski definition) is 6. The summed E-state index contributed by atoms with van der Waals surface area (Å²) in [5, 5.41) is 10.8. The van der Waals surface area contributed by atoms with E-state index in [-0.39, 0.29) is 55.1 Å². The Labute approximate surface area is 140 Å². The van der Waals surface area contributed by atoms with Gasteiger partial charge in [-0.05, 0) is 13.0 Å². The first-order valence-electron chi connectivity index (χ1n) is 7.50. The molecule has 1 atom stereocenters.